The molecular weight excluding hydrogens is 328 g/mol. The van der Waals surface area contributed by atoms with Crippen LogP contribution in [0.3, 0.4) is 0 Å². The summed E-state index contributed by atoms with van der Waals surface area (Å²) in [6.07, 6.45) is 7.07. The van der Waals surface area contributed by atoms with Crippen molar-refractivity contribution in [1.29, 1.82) is 0 Å². The number of hydrogen-bond acceptors (Lipinski definition) is 3. The Bertz CT molecular complexity index is 146. The SMILES string of the molecule is CCCC([O-])CC.CCCC([O-])CC.CCCC([O-])CC.[Si+3]Cl. The first kappa shape index (κ1) is 31.2. The molecule has 0 fully saturated rings. The van der Waals surface area contributed by atoms with Gasteiger partial charge in [0.1, 0.15) is 0 Å². The zero-order valence-corrected chi connectivity index (χ0v) is 18.0. The van der Waals surface area contributed by atoms with Crippen LogP contribution in [0.5, 0.6) is 0 Å². The van der Waals surface area contributed by atoms with Crippen LogP contribution in [0, 0.1) is 0 Å². The van der Waals surface area contributed by atoms with Crippen molar-refractivity contribution in [1.82, 2.24) is 0 Å². The third-order valence-corrected chi connectivity index (χ3v) is 3.20. The van der Waals surface area contributed by atoms with E-state index in [0.717, 1.165) is 57.8 Å². The van der Waals surface area contributed by atoms with E-state index < -0.39 is 0 Å². The third kappa shape index (κ3) is 39.3. The normalized spacial score (nSPS) is 13.2. The number of halogens is 1. The Morgan fingerprint density at radius 3 is 0.783 bits per heavy atom. The summed E-state index contributed by atoms with van der Waals surface area (Å²) in [5.41, 5.74) is 0. The van der Waals surface area contributed by atoms with Crippen molar-refractivity contribution in [3.05, 3.63) is 0 Å². The van der Waals surface area contributed by atoms with Gasteiger partial charge in [-0.3, -0.25) is 0 Å². The van der Waals surface area contributed by atoms with Gasteiger partial charge in [0.2, 0.25) is 0 Å². The molecule has 0 aromatic heterocycles. The summed E-state index contributed by atoms with van der Waals surface area (Å²) in [6, 6.07) is 0. The van der Waals surface area contributed by atoms with Gasteiger partial charge in [0, 0.05) is 0 Å². The van der Waals surface area contributed by atoms with Crippen molar-refractivity contribution in [2.24, 2.45) is 0 Å². The topological polar surface area (TPSA) is 69.2 Å². The monoisotopic (exact) mass is 366 g/mol. The Morgan fingerprint density at radius 2 is 0.739 bits per heavy atom. The molecule has 140 valence electrons. The predicted octanol–water partition coefficient (Wildman–Crippen LogP) is 3.08. The molecule has 0 saturated heterocycles. The van der Waals surface area contributed by atoms with Gasteiger partial charge in [-0.25, -0.2) is 0 Å². The summed E-state index contributed by atoms with van der Waals surface area (Å²) in [5, 5.41) is 31.5. The van der Waals surface area contributed by atoms with Crippen molar-refractivity contribution < 1.29 is 15.3 Å². The fraction of sp³-hybridized carbons (Fsp3) is 1.00. The molecule has 3 unspecified atom stereocenters. The summed E-state index contributed by atoms with van der Waals surface area (Å²) in [7, 11) is 2.44. The number of rotatable bonds is 9. The van der Waals surface area contributed by atoms with Crippen molar-refractivity contribution in [3.63, 3.8) is 0 Å². The van der Waals surface area contributed by atoms with E-state index in [0.29, 0.717) is 0 Å². The molecule has 0 radical (unpaired) electrons. The van der Waals surface area contributed by atoms with E-state index in [1.165, 1.54) is 0 Å². The zero-order chi connectivity index (χ0) is 19.1. The fourth-order valence-electron chi connectivity index (χ4n) is 1.58. The van der Waals surface area contributed by atoms with Crippen LogP contribution in [-0.4, -0.2) is 27.9 Å². The summed E-state index contributed by atoms with van der Waals surface area (Å²) in [4.78, 5) is 0. The molecule has 0 aliphatic carbocycles. The maximum atomic E-state index is 10.5. The Balaban J connectivity index is -0.000000111. The van der Waals surface area contributed by atoms with E-state index in [9.17, 15) is 15.3 Å². The standard InChI is InChI=1S/3C6H13O.ClSi/c3*1-3-5-6(7)4-2;1-2/h3*6H,3-5H2,1-2H3;/q3*-1;+3. The first-order valence-corrected chi connectivity index (χ1v) is 10.6. The molecule has 0 amide bonds. The molecule has 23 heavy (non-hydrogen) atoms. The van der Waals surface area contributed by atoms with Crippen molar-refractivity contribution >= 4 is 20.6 Å². The summed E-state index contributed by atoms with van der Waals surface area (Å²) >= 11 is 4.44. The molecular formula is C18H39ClO3Si. The molecule has 0 heterocycles. The average Bonchev–Trinajstić information content (AvgIpc) is 2.58. The van der Waals surface area contributed by atoms with E-state index in [1.54, 1.807) is 0 Å². The predicted molar refractivity (Wildman–Crippen MR) is 98.6 cm³/mol. The van der Waals surface area contributed by atoms with Gasteiger partial charge in [-0.15, -0.1) is 18.3 Å². The van der Waals surface area contributed by atoms with Crippen LogP contribution in [0.25, 0.3) is 0 Å². The Morgan fingerprint density at radius 1 is 0.565 bits per heavy atom. The minimum absolute atomic E-state index is 0.301. The second-order valence-electron chi connectivity index (χ2n) is 5.46. The molecule has 3 atom stereocenters. The summed E-state index contributed by atoms with van der Waals surface area (Å²) in [6.45, 7) is 11.9. The van der Waals surface area contributed by atoms with Crippen molar-refractivity contribution in [2.45, 2.75) is 118 Å². The van der Waals surface area contributed by atoms with E-state index >= 15 is 0 Å². The molecule has 0 aromatic carbocycles. The molecule has 0 N–H and O–H groups in total. The second kappa shape index (κ2) is 30.3. The molecule has 0 saturated carbocycles. The van der Waals surface area contributed by atoms with Crippen LogP contribution < -0.4 is 15.3 Å². The molecule has 3 nitrogen and oxygen atoms in total. The molecule has 0 aliphatic rings. The van der Waals surface area contributed by atoms with E-state index in [2.05, 4.69) is 20.6 Å². The maximum absolute atomic E-state index is 10.5. The molecule has 0 rings (SSSR count). The van der Waals surface area contributed by atoms with E-state index in [-0.39, 0.29) is 18.3 Å². The van der Waals surface area contributed by atoms with Crippen molar-refractivity contribution in [3.8, 4) is 0 Å². The van der Waals surface area contributed by atoms with Crippen LogP contribution >= 0.6 is 11.1 Å². The Hall–Kier alpha value is 0.387. The van der Waals surface area contributed by atoms with E-state index in [4.69, 9.17) is 0 Å². The van der Waals surface area contributed by atoms with Crippen LogP contribution in [0.15, 0.2) is 0 Å². The molecule has 0 aromatic rings. The Kier molecular flexibility index (Phi) is 41.1. The second-order valence-corrected chi connectivity index (χ2v) is 5.46. The van der Waals surface area contributed by atoms with Gasteiger partial charge < -0.3 is 15.3 Å². The first-order chi connectivity index (χ1) is 10.9. The van der Waals surface area contributed by atoms with Crippen LogP contribution in [0.2, 0.25) is 0 Å². The molecule has 0 bridgehead atoms. The van der Waals surface area contributed by atoms with Gasteiger partial charge in [-0.1, -0.05) is 99.3 Å². The fourth-order valence-corrected chi connectivity index (χ4v) is 1.58. The van der Waals surface area contributed by atoms with E-state index in [1.807, 2.05) is 41.5 Å². The van der Waals surface area contributed by atoms with Gasteiger partial charge in [0.15, 0.2) is 0 Å². The van der Waals surface area contributed by atoms with Gasteiger partial charge in [-0.2, -0.15) is 0 Å². The summed E-state index contributed by atoms with van der Waals surface area (Å²) in [5.74, 6) is 0. The zero-order valence-electron chi connectivity index (χ0n) is 16.2. The van der Waals surface area contributed by atoms with Gasteiger partial charge in [0.05, 0.1) is 0 Å². The molecule has 0 aliphatic heterocycles. The van der Waals surface area contributed by atoms with Crippen molar-refractivity contribution in [2.75, 3.05) is 0 Å². The molecule has 5 heteroatoms. The quantitative estimate of drug-likeness (QED) is 0.465. The van der Waals surface area contributed by atoms with Crippen LogP contribution in [0.4, 0.5) is 0 Å². The van der Waals surface area contributed by atoms with Gasteiger partial charge >= 0.3 is 20.6 Å². The van der Waals surface area contributed by atoms with Gasteiger partial charge in [-0.05, 0) is 0 Å². The van der Waals surface area contributed by atoms with Crippen LogP contribution in [-0.2, 0) is 0 Å². The Labute approximate surface area is 154 Å². The average molecular weight is 367 g/mol. The van der Waals surface area contributed by atoms with Crippen LogP contribution in [0.1, 0.15) is 99.3 Å². The number of hydrogen-bond donors (Lipinski definition) is 0. The molecule has 0 spiro atoms. The summed E-state index contributed by atoms with van der Waals surface area (Å²) < 4.78 is 0. The minimum atomic E-state index is -0.301. The first-order valence-electron chi connectivity index (χ1n) is 9.09. The van der Waals surface area contributed by atoms with Gasteiger partial charge in [0.25, 0.3) is 0 Å². The third-order valence-electron chi connectivity index (χ3n) is 3.20.